The lowest BCUT2D eigenvalue weighted by atomic mass is 10.1. The van der Waals surface area contributed by atoms with E-state index in [0.29, 0.717) is 12.1 Å². The summed E-state index contributed by atoms with van der Waals surface area (Å²) in [6.45, 7) is 6.85. The molecule has 0 heterocycles. The second-order valence-corrected chi connectivity index (χ2v) is 6.27. The largest absolute Gasteiger partial charge is 0.416 e. The molecule has 0 bridgehead atoms. The van der Waals surface area contributed by atoms with E-state index in [0.717, 1.165) is 50.7 Å². The topological polar surface area (TPSA) is 20.3 Å². The summed E-state index contributed by atoms with van der Waals surface area (Å²) < 4.78 is 38.0. The highest BCUT2D eigenvalue weighted by molar-refractivity contribution is 5.94. The van der Waals surface area contributed by atoms with Gasteiger partial charge in [0, 0.05) is 18.2 Å². The van der Waals surface area contributed by atoms with Crippen molar-refractivity contribution in [3.05, 3.63) is 35.4 Å². The molecule has 2 nitrogen and oxygen atoms in total. The van der Waals surface area contributed by atoms with Gasteiger partial charge in [0.1, 0.15) is 0 Å². The number of amides is 1. The Morgan fingerprint density at radius 3 is 2.12 bits per heavy atom. The van der Waals surface area contributed by atoms with Crippen LogP contribution in [0.5, 0.6) is 0 Å². The number of nitrogens with zero attached hydrogens (tertiary/aromatic N) is 1. The molecule has 1 unspecified atom stereocenters. The zero-order valence-corrected chi connectivity index (χ0v) is 14.8. The first-order chi connectivity index (χ1) is 11.3. The lowest BCUT2D eigenvalue weighted by molar-refractivity contribution is -0.137. The third kappa shape index (κ3) is 6.17. The van der Waals surface area contributed by atoms with Crippen molar-refractivity contribution < 1.29 is 18.0 Å². The van der Waals surface area contributed by atoms with Crippen LogP contribution in [0, 0.1) is 0 Å². The van der Waals surface area contributed by atoms with Crippen LogP contribution in [0.15, 0.2) is 24.3 Å². The number of rotatable bonds is 9. The summed E-state index contributed by atoms with van der Waals surface area (Å²) in [7, 11) is 0. The van der Waals surface area contributed by atoms with Gasteiger partial charge in [-0.25, -0.2) is 0 Å². The number of halogens is 3. The molecule has 5 heteroatoms. The fourth-order valence-corrected chi connectivity index (χ4v) is 2.66. The number of carbonyl (C=O) groups excluding carboxylic acids is 1. The Balaban J connectivity index is 2.86. The summed E-state index contributed by atoms with van der Waals surface area (Å²) >= 11 is 0. The molecule has 1 aromatic rings. The van der Waals surface area contributed by atoms with E-state index in [2.05, 4.69) is 13.8 Å². The van der Waals surface area contributed by atoms with Crippen LogP contribution in [-0.4, -0.2) is 23.4 Å². The second-order valence-electron chi connectivity index (χ2n) is 6.27. The van der Waals surface area contributed by atoms with Crippen molar-refractivity contribution in [2.24, 2.45) is 0 Å². The SMILES string of the molecule is CCCCCC(C)N(CCCC)C(=O)c1ccc(C(F)(F)F)cc1. The van der Waals surface area contributed by atoms with Gasteiger partial charge >= 0.3 is 6.18 Å². The molecule has 0 spiro atoms. The van der Waals surface area contributed by atoms with Crippen LogP contribution >= 0.6 is 0 Å². The molecule has 1 aromatic carbocycles. The molecule has 0 saturated heterocycles. The quantitative estimate of drug-likeness (QED) is 0.510. The van der Waals surface area contributed by atoms with E-state index in [9.17, 15) is 18.0 Å². The van der Waals surface area contributed by atoms with Crippen LogP contribution in [0.2, 0.25) is 0 Å². The molecule has 1 amide bonds. The molecule has 136 valence electrons. The van der Waals surface area contributed by atoms with Gasteiger partial charge in [-0.1, -0.05) is 39.5 Å². The monoisotopic (exact) mass is 343 g/mol. The lowest BCUT2D eigenvalue weighted by Gasteiger charge is -2.29. The predicted molar refractivity (Wildman–Crippen MR) is 91.0 cm³/mol. The van der Waals surface area contributed by atoms with Gasteiger partial charge in [0.2, 0.25) is 0 Å². The predicted octanol–water partition coefficient (Wildman–Crippen LogP) is 5.92. The number of hydrogen-bond acceptors (Lipinski definition) is 1. The third-order valence-corrected chi connectivity index (χ3v) is 4.23. The van der Waals surface area contributed by atoms with Crippen molar-refractivity contribution in [3.63, 3.8) is 0 Å². The van der Waals surface area contributed by atoms with Crippen molar-refractivity contribution >= 4 is 5.91 Å². The average Bonchev–Trinajstić information content (AvgIpc) is 2.54. The average molecular weight is 343 g/mol. The van der Waals surface area contributed by atoms with Gasteiger partial charge in [0.05, 0.1) is 5.56 Å². The molecule has 1 rings (SSSR count). The first kappa shape index (κ1) is 20.5. The number of unbranched alkanes of at least 4 members (excludes halogenated alkanes) is 3. The highest BCUT2D eigenvalue weighted by atomic mass is 19.4. The summed E-state index contributed by atoms with van der Waals surface area (Å²) in [5.41, 5.74) is -0.406. The third-order valence-electron chi connectivity index (χ3n) is 4.23. The smallest absolute Gasteiger partial charge is 0.336 e. The molecule has 24 heavy (non-hydrogen) atoms. The summed E-state index contributed by atoms with van der Waals surface area (Å²) in [6, 6.07) is 4.61. The van der Waals surface area contributed by atoms with Gasteiger partial charge in [-0.3, -0.25) is 4.79 Å². The van der Waals surface area contributed by atoms with Crippen LogP contribution in [0.3, 0.4) is 0 Å². The second kappa shape index (κ2) is 9.70. The van der Waals surface area contributed by atoms with Crippen LogP contribution in [-0.2, 0) is 6.18 Å². The normalized spacial score (nSPS) is 12.9. The molecular weight excluding hydrogens is 315 g/mol. The number of hydrogen-bond donors (Lipinski definition) is 0. The number of benzene rings is 1. The maximum absolute atomic E-state index is 12.7. The molecule has 0 radical (unpaired) electrons. The van der Waals surface area contributed by atoms with Gasteiger partial charge in [-0.2, -0.15) is 13.2 Å². The number of alkyl halides is 3. The molecule has 0 saturated carbocycles. The summed E-state index contributed by atoms with van der Waals surface area (Å²) in [5, 5.41) is 0. The molecular formula is C19H28F3NO. The first-order valence-electron chi connectivity index (χ1n) is 8.79. The van der Waals surface area contributed by atoms with Crippen LogP contribution in [0.4, 0.5) is 13.2 Å². The van der Waals surface area contributed by atoms with Crippen molar-refractivity contribution in [1.29, 1.82) is 0 Å². The van der Waals surface area contributed by atoms with Crippen molar-refractivity contribution in [2.45, 2.75) is 71.5 Å². The summed E-state index contributed by atoms with van der Waals surface area (Å²) in [4.78, 5) is 14.5. The Bertz CT molecular complexity index is 496. The van der Waals surface area contributed by atoms with Crippen molar-refractivity contribution in [3.8, 4) is 0 Å². The van der Waals surface area contributed by atoms with Gasteiger partial charge < -0.3 is 4.90 Å². The Labute approximate surface area is 143 Å². The van der Waals surface area contributed by atoms with E-state index < -0.39 is 11.7 Å². The molecule has 0 aromatic heterocycles. The molecule has 0 aliphatic rings. The highest BCUT2D eigenvalue weighted by Crippen LogP contribution is 2.29. The van der Waals surface area contributed by atoms with Gasteiger partial charge in [0.15, 0.2) is 0 Å². The zero-order chi connectivity index (χ0) is 18.2. The van der Waals surface area contributed by atoms with Crippen molar-refractivity contribution in [1.82, 2.24) is 4.90 Å². The lowest BCUT2D eigenvalue weighted by Crippen LogP contribution is -2.39. The van der Waals surface area contributed by atoms with E-state index >= 15 is 0 Å². The fourth-order valence-electron chi connectivity index (χ4n) is 2.66. The van der Waals surface area contributed by atoms with Gasteiger partial charge in [0.25, 0.3) is 5.91 Å². The highest BCUT2D eigenvalue weighted by Gasteiger charge is 2.30. The number of carbonyl (C=O) groups is 1. The molecule has 0 N–H and O–H groups in total. The van der Waals surface area contributed by atoms with Crippen molar-refractivity contribution in [2.75, 3.05) is 6.54 Å². The first-order valence-corrected chi connectivity index (χ1v) is 8.79. The van der Waals surface area contributed by atoms with Gasteiger partial charge in [-0.05, 0) is 44.0 Å². The molecule has 1 atom stereocenters. The van der Waals surface area contributed by atoms with E-state index in [-0.39, 0.29) is 11.9 Å². The molecule has 0 aliphatic carbocycles. The minimum atomic E-state index is -4.38. The van der Waals surface area contributed by atoms with E-state index in [1.54, 1.807) is 0 Å². The van der Waals surface area contributed by atoms with E-state index in [1.807, 2.05) is 11.8 Å². The van der Waals surface area contributed by atoms with Crippen LogP contribution < -0.4 is 0 Å². The Kier molecular flexibility index (Phi) is 8.29. The fraction of sp³-hybridized carbons (Fsp3) is 0.632. The van der Waals surface area contributed by atoms with E-state index in [4.69, 9.17) is 0 Å². The Morgan fingerprint density at radius 2 is 1.62 bits per heavy atom. The van der Waals surface area contributed by atoms with Gasteiger partial charge in [-0.15, -0.1) is 0 Å². The van der Waals surface area contributed by atoms with Crippen LogP contribution in [0.25, 0.3) is 0 Å². The minimum Gasteiger partial charge on any atom is -0.336 e. The molecule has 0 aliphatic heterocycles. The Hall–Kier alpha value is -1.52. The van der Waals surface area contributed by atoms with E-state index in [1.165, 1.54) is 12.1 Å². The zero-order valence-electron chi connectivity index (χ0n) is 14.8. The Morgan fingerprint density at radius 1 is 1.04 bits per heavy atom. The summed E-state index contributed by atoms with van der Waals surface area (Å²) in [5.74, 6) is -0.179. The minimum absolute atomic E-state index is 0.0953. The maximum atomic E-state index is 12.7. The maximum Gasteiger partial charge on any atom is 0.416 e. The molecule has 0 fully saturated rings. The standard InChI is InChI=1S/C19H28F3NO/c1-4-6-8-9-15(3)23(14-7-5-2)18(24)16-10-12-17(13-11-16)19(20,21)22/h10-13,15H,4-9,14H2,1-3H3. The van der Waals surface area contributed by atoms with Crippen LogP contribution in [0.1, 0.15) is 75.2 Å². The summed E-state index contributed by atoms with van der Waals surface area (Å²) in [6.07, 6.45) is 1.71.